The van der Waals surface area contributed by atoms with E-state index in [9.17, 15) is 19.5 Å². The molecule has 1 unspecified atom stereocenters. The Morgan fingerprint density at radius 3 is 2.62 bits per heavy atom. The van der Waals surface area contributed by atoms with Crippen molar-refractivity contribution in [2.24, 2.45) is 7.05 Å². The van der Waals surface area contributed by atoms with E-state index in [1.807, 2.05) is 29.9 Å². The Bertz CT molecular complexity index is 733. The first kappa shape index (κ1) is 18.4. The topological polar surface area (TPSA) is 94.9 Å². The highest BCUT2D eigenvalue weighted by molar-refractivity contribution is 6.07. The van der Waals surface area contributed by atoms with Crippen LogP contribution in [0.25, 0.3) is 0 Å². The normalized spacial score (nSPS) is 21.2. The lowest BCUT2D eigenvalue weighted by molar-refractivity contribution is -0.151. The van der Waals surface area contributed by atoms with Crippen LogP contribution in [0.4, 0.5) is 4.79 Å². The number of rotatable bonds is 5. The highest BCUT2D eigenvalue weighted by Crippen LogP contribution is 2.35. The zero-order valence-corrected chi connectivity index (χ0v) is 15.5. The molecule has 8 heteroatoms. The van der Waals surface area contributed by atoms with E-state index >= 15 is 0 Å². The minimum Gasteiger partial charge on any atom is -0.378 e. The van der Waals surface area contributed by atoms with E-state index < -0.39 is 23.1 Å². The van der Waals surface area contributed by atoms with Crippen molar-refractivity contribution in [2.45, 2.75) is 50.3 Å². The van der Waals surface area contributed by atoms with Crippen molar-refractivity contribution >= 4 is 17.8 Å². The van der Waals surface area contributed by atoms with Gasteiger partial charge in [0.05, 0.1) is 13.1 Å². The SMILES string of the molecule is CN(Cc1cccn1C)C(=O)C(C)(O)CN1C(=O)NC2(CCCC2)C1=O. The molecule has 1 aromatic rings. The molecule has 0 aromatic carbocycles. The Morgan fingerprint density at radius 2 is 2.04 bits per heavy atom. The molecule has 4 amide bonds. The van der Waals surface area contributed by atoms with Crippen molar-refractivity contribution in [2.75, 3.05) is 13.6 Å². The largest absolute Gasteiger partial charge is 0.378 e. The predicted octanol–water partition coefficient (Wildman–Crippen LogP) is 0.599. The standard InChI is InChI=1S/C18H26N4O4/c1-17(26,14(23)21(3)11-13-7-6-10-20(13)2)12-22-15(24)18(19-16(22)25)8-4-5-9-18/h6-7,10,26H,4-5,8-9,11-12H2,1-3H3,(H,19,25). The van der Waals surface area contributed by atoms with Crippen LogP contribution in [0.5, 0.6) is 0 Å². The summed E-state index contributed by atoms with van der Waals surface area (Å²) < 4.78 is 1.89. The number of carbonyl (C=O) groups excluding carboxylic acids is 3. The number of hydrogen-bond acceptors (Lipinski definition) is 4. The minimum atomic E-state index is -1.85. The van der Waals surface area contributed by atoms with Crippen LogP contribution in [0.2, 0.25) is 0 Å². The van der Waals surface area contributed by atoms with Gasteiger partial charge in [-0.2, -0.15) is 0 Å². The molecule has 1 aliphatic heterocycles. The number of amides is 4. The van der Waals surface area contributed by atoms with Gasteiger partial charge in [-0.05, 0) is 31.9 Å². The number of likely N-dealkylation sites (N-methyl/N-ethyl adjacent to an activating group) is 1. The Labute approximate surface area is 152 Å². The Balaban J connectivity index is 1.69. The zero-order chi connectivity index (χ0) is 19.1. The number of β-amino-alcohol motifs (C(OH)–C–C–N with tert-alkyl or cyclic N) is 1. The van der Waals surface area contributed by atoms with Crippen LogP contribution < -0.4 is 5.32 Å². The van der Waals surface area contributed by atoms with E-state index in [2.05, 4.69) is 5.32 Å². The third-order valence-electron chi connectivity index (χ3n) is 5.43. The molecule has 2 N–H and O–H groups in total. The van der Waals surface area contributed by atoms with Gasteiger partial charge in [-0.3, -0.25) is 14.5 Å². The number of nitrogens with one attached hydrogen (secondary N) is 1. The average Bonchev–Trinajstić information content (AvgIpc) is 3.26. The van der Waals surface area contributed by atoms with E-state index in [1.54, 1.807) is 7.05 Å². The van der Waals surface area contributed by atoms with Gasteiger partial charge in [0.25, 0.3) is 11.8 Å². The highest BCUT2D eigenvalue weighted by Gasteiger charge is 2.54. The van der Waals surface area contributed by atoms with E-state index in [0.717, 1.165) is 23.4 Å². The fraction of sp³-hybridized carbons (Fsp3) is 0.611. The van der Waals surface area contributed by atoms with Crippen molar-refractivity contribution in [3.05, 3.63) is 24.0 Å². The van der Waals surface area contributed by atoms with Crippen molar-refractivity contribution in [1.29, 1.82) is 0 Å². The summed E-state index contributed by atoms with van der Waals surface area (Å²) in [7, 11) is 3.47. The summed E-state index contributed by atoms with van der Waals surface area (Å²) in [5, 5.41) is 13.5. The molecule has 0 bridgehead atoms. The van der Waals surface area contributed by atoms with Crippen molar-refractivity contribution in [1.82, 2.24) is 19.7 Å². The summed E-state index contributed by atoms with van der Waals surface area (Å²) in [5.74, 6) is -0.871. The Kier molecular flexibility index (Phi) is 4.56. The third-order valence-corrected chi connectivity index (χ3v) is 5.43. The van der Waals surface area contributed by atoms with Crippen LogP contribution in [-0.2, 0) is 23.2 Å². The lowest BCUT2D eigenvalue weighted by atomic mass is 9.97. The molecule has 2 aliphatic rings. The van der Waals surface area contributed by atoms with E-state index in [4.69, 9.17) is 0 Å². The quantitative estimate of drug-likeness (QED) is 0.750. The highest BCUT2D eigenvalue weighted by atomic mass is 16.3. The lowest BCUT2D eigenvalue weighted by Crippen LogP contribution is -2.54. The van der Waals surface area contributed by atoms with Crippen LogP contribution in [-0.4, -0.2) is 62.1 Å². The summed E-state index contributed by atoms with van der Waals surface area (Å²) in [4.78, 5) is 40.1. The molecule has 2 fully saturated rings. The second-order valence-electron chi connectivity index (χ2n) is 7.66. The van der Waals surface area contributed by atoms with Gasteiger partial charge in [0, 0.05) is 26.0 Å². The van der Waals surface area contributed by atoms with Gasteiger partial charge in [0.2, 0.25) is 0 Å². The first-order valence-corrected chi connectivity index (χ1v) is 8.89. The molecule has 142 valence electrons. The molecule has 26 heavy (non-hydrogen) atoms. The molecule has 3 rings (SSSR count). The number of aromatic nitrogens is 1. The molecule has 1 saturated carbocycles. The fourth-order valence-corrected chi connectivity index (χ4v) is 3.90. The van der Waals surface area contributed by atoms with Crippen LogP contribution in [0, 0.1) is 0 Å². The molecule has 1 saturated heterocycles. The second-order valence-corrected chi connectivity index (χ2v) is 7.66. The zero-order valence-electron chi connectivity index (χ0n) is 15.5. The fourth-order valence-electron chi connectivity index (χ4n) is 3.90. The summed E-state index contributed by atoms with van der Waals surface area (Å²) in [6.07, 6.45) is 4.86. The van der Waals surface area contributed by atoms with Gasteiger partial charge < -0.3 is 19.9 Å². The summed E-state index contributed by atoms with van der Waals surface area (Å²) in [5.41, 5.74) is -1.78. The molecule has 2 heterocycles. The third kappa shape index (κ3) is 3.09. The molecular weight excluding hydrogens is 336 g/mol. The van der Waals surface area contributed by atoms with Crippen LogP contribution in [0.15, 0.2) is 18.3 Å². The van der Waals surface area contributed by atoms with E-state index in [-0.39, 0.29) is 12.5 Å². The second kappa shape index (κ2) is 6.42. The number of aliphatic hydroxyl groups is 1. The van der Waals surface area contributed by atoms with Crippen LogP contribution >= 0.6 is 0 Å². The number of nitrogens with zero attached hydrogens (tertiary/aromatic N) is 3. The Morgan fingerprint density at radius 1 is 1.38 bits per heavy atom. The van der Waals surface area contributed by atoms with Gasteiger partial charge >= 0.3 is 6.03 Å². The molecule has 1 aliphatic carbocycles. The molecule has 1 spiro atoms. The number of urea groups is 1. The Hall–Kier alpha value is -2.35. The predicted molar refractivity (Wildman–Crippen MR) is 94.0 cm³/mol. The summed E-state index contributed by atoms with van der Waals surface area (Å²) >= 11 is 0. The maximum atomic E-state index is 12.7. The number of imide groups is 1. The first-order valence-electron chi connectivity index (χ1n) is 8.89. The van der Waals surface area contributed by atoms with Crippen molar-refractivity contribution in [3.8, 4) is 0 Å². The lowest BCUT2D eigenvalue weighted by Gasteiger charge is -2.31. The molecular formula is C18H26N4O4. The monoisotopic (exact) mass is 362 g/mol. The van der Waals surface area contributed by atoms with Gasteiger partial charge in [-0.15, -0.1) is 0 Å². The molecule has 1 atom stereocenters. The van der Waals surface area contributed by atoms with Crippen LogP contribution in [0.3, 0.4) is 0 Å². The summed E-state index contributed by atoms with van der Waals surface area (Å²) in [6, 6.07) is 3.23. The smallest absolute Gasteiger partial charge is 0.325 e. The van der Waals surface area contributed by atoms with Crippen LogP contribution in [0.1, 0.15) is 38.3 Å². The first-order chi connectivity index (χ1) is 12.2. The maximum Gasteiger partial charge on any atom is 0.325 e. The minimum absolute atomic E-state index is 0.322. The van der Waals surface area contributed by atoms with E-state index in [0.29, 0.717) is 19.4 Å². The van der Waals surface area contributed by atoms with Gasteiger partial charge in [-0.1, -0.05) is 12.8 Å². The van der Waals surface area contributed by atoms with Gasteiger partial charge in [0.1, 0.15) is 5.54 Å². The van der Waals surface area contributed by atoms with E-state index in [1.165, 1.54) is 11.8 Å². The average molecular weight is 362 g/mol. The van der Waals surface area contributed by atoms with Crippen molar-refractivity contribution < 1.29 is 19.5 Å². The number of aryl methyl sites for hydroxylation is 1. The van der Waals surface area contributed by atoms with Crippen molar-refractivity contribution in [3.63, 3.8) is 0 Å². The van der Waals surface area contributed by atoms with Gasteiger partial charge in [-0.25, -0.2) is 4.79 Å². The molecule has 0 radical (unpaired) electrons. The maximum absolute atomic E-state index is 12.7. The molecule has 1 aromatic heterocycles. The number of hydrogen-bond donors (Lipinski definition) is 2. The number of carbonyl (C=O) groups is 3. The molecule has 8 nitrogen and oxygen atoms in total. The summed E-state index contributed by atoms with van der Waals surface area (Å²) in [6.45, 7) is 1.31. The van der Waals surface area contributed by atoms with Gasteiger partial charge in [0.15, 0.2) is 5.60 Å².